The second-order valence-electron chi connectivity index (χ2n) is 5.06. The highest BCUT2D eigenvalue weighted by atomic mass is 127. The highest BCUT2D eigenvalue weighted by molar-refractivity contribution is 14.1. The molecule has 0 spiro atoms. The third-order valence-corrected chi connectivity index (χ3v) is 4.67. The van der Waals surface area contributed by atoms with Crippen LogP contribution in [0.15, 0.2) is 40.9 Å². The van der Waals surface area contributed by atoms with Crippen molar-refractivity contribution in [2.24, 2.45) is 0 Å². The number of fused-ring (bicyclic) bond motifs is 1. The van der Waals surface area contributed by atoms with E-state index in [4.69, 9.17) is 0 Å². The first-order chi connectivity index (χ1) is 10.0. The van der Waals surface area contributed by atoms with Crippen LogP contribution in [0.5, 0.6) is 0 Å². The summed E-state index contributed by atoms with van der Waals surface area (Å²) < 4.78 is 15.2. The zero-order chi connectivity index (χ0) is 15.0. The van der Waals surface area contributed by atoms with E-state index in [1.165, 1.54) is 12.1 Å². The molecule has 0 aliphatic carbocycles. The number of hydrogen-bond acceptors (Lipinski definition) is 1. The Bertz CT molecular complexity index is 699. The van der Waals surface area contributed by atoms with Crippen molar-refractivity contribution >= 4 is 44.4 Å². The molecule has 2 aromatic rings. The predicted molar refractivity (Wildman–Crippen MR) is 91.7 cm³/mol. The molecule has 0 radical (unpaired) electrons. The third-order valence-electron chi connectivity index (χ3n) is 3.54. The largest absolute Gasteiger partial charge is 0.334 e. The van der Waals surface area contributed by atoms with Gasteiger partial charge >= 0.3 is 0 Å². The molecule has 0 N–H and O–H groups in total. The molecule has 0 saturated carbocycles. The summed E-state index contributed by atoms with van der Waals surface area (Å²) in [5.41, 5.74) is 2.66. The van der Waals surface area contributed by atoms with E-state index in [0.29, 0.717) is 17.6 Å². The van der Waals surface area contributed by atoms with Gasteiger partial charge in [-0.2, -0.15) is 0 Å². The van der Waals surface area contributed by atoms with E-state index in [9.17, 15) is 9.18 Å². The van der Waals surface area contributed by atoms with Gasteiger partial charge in [-0.1, -0.05) is 22.0 Å². The third kappa shape index (κ3) is 3.29. The van der Waals surface area contributed by atoms with E-state index in [2.05, 4.69) is 38.5 Å². The van der Waals surface area contributed by atoms with Gasteiger partial charge in [-0.25, -0.2) is 4.39 Å². The molecule has 1 aliphatic heterocycles. The van der Waals surface area contributed by atoms with Crippen LogP contribution in [0.3, 0.4) is 0 Å². The molecule has 21 heavy (non-hydrogen) atoms. The van der Waals surface area contributed by atoms with E-state index in [-0.39, 0.29) is 11.7 Å². The molecule has 1 heterocycles. The Kier molecular flexibility index (Phi) is 4.31. The summed E-state index contributed by atoms with van der Waals surface area (Å²) in [5.74, 6) is -0.270. The number of carbonyl (C=O) groups is 1. The van der Waals surface area contributed by atoms with E-state index >= 15 is 0 Å². The van der Waals surface area contributed by atoms with Gasteiger partial charge in [0.15, 0.2) is 0 Å². The molecule has 0 bridgehead atoms. The van der Waals surface area contributed by atoms with Gasteiger partial charge in [0.25, 0.3) is 5.91 Å². The van der Waals surface area contributed by atoms with Crippen LogP contribution in [-0.4, -0.2) is 17.4 Å². The fraction of sp³-hybridized carbons (Fsp3) is 0.188. The van der Waals surface area contributed by atoms with Gasteiger partial charge < -0.3 is 4.90 Å². The van der Waals surface area contributed by atoms with Gasteiger partial charge in [0.2, 0.25) is 0 Å². The summed E-state index contributed by atoms with van der Waals surface area (Å²) in [5, 5.41) is 0. The Balaban J connectivity index is 1.86. The SMILES string of the molecule is O=C1c2cc(I)ccc2CCN1Cc1cc(F)cc(Br)c1. The lowest BCUT2D eigenvalue weighted by Gasteiger charge is -2.29. The Morgan fingerprint density at radius 1 is 1.24 bits per heavy atom. The molecule has 0 aromatic heterocycles. The van der Waals surface area contributed by atoms with Crippen LogP contribution in [0.4, 0.5) is 4.39 Å². The van der Waals surface area contributed by atoms with Crippen molar-refractivity contribution in [3.8, 4) is 0 Å². The summed E-state index contributed by atoms with van der Waals surface area (Å²) in [6.45, 7) is 1.10. The molecule has 0 unspecified atom stereocenters. The van der Waals surface area contributed by atoms with Crippen molar-refractivity contribution in [1.29, 1.82) is 0 Å². The summed E-state index contributed by atoms with van der Waals surface area (Å²) in [6, 6.07) is 10.7. The fourth-order valence-corrected chi connectivity index (χ4v) is 3.57. The maximum absolute atomic E-state index is 13.4. The predicted octanol–water partition coefficient (Wildman–Crippen LogP) is 4.39. The normalized spacial score (nSPS) is 14.2. The van der Waals surface area contributed by atoms with Gasteiger partial charge in [-0.15, -0.1) is 0 Å². The van der Waals surface area contributed by atoms with Crippen molar-refractivity contribution in [3.63, 3.8) is 0 Å². The van der Waals surface area contributed by atoms with Gasteiger partial charge in [-0.05, 0) is 70.5 Å². The lowest BCUT2D eigenvalue weighted by Crippen LogP contribution is -2.37. The first-order valence-corrected chi connectivity index (χ1v) is 8.43. The molecule has 0 fully saturated rings. The molecule has 3 rings (SSSR count). The maximum atomic E-state index is 13.4. The van der Waals surface area contributed by atoms with Crippen LogP contribution in [-0.2, 0) is 13.0 Å². The molecule has 5 heteroatoms. The molecule has 0 atom stereocenters. The summed E-state index contributed by atoms with van der Waals surface area (Å²) >= 11 is 5.49. The number of hydrogen-bond donors (Lipinski definition) is 0. The minimum absolute atomic E-state index is 0.0233. The highest BCUT2D eigenvalue weighted by Gasteiger charge is 2.24. The topological polar surface area (TPSA) is 20.3 Å². The summed E-state index contributed by atoms with van der Waals surface area (Å²) in [7, 11) is 0. The highest BCUT2D eigenvalue weighted by Crippen LogP contribution is 2.24. The van der Waals surface area contributed by atoms with E-state index in [0.717, 1.165) is 26.7 Å². The number of amides is 1. The Morgan fingerprint density at radius 2 is 2.05 bits per heavy atom. The van der Waals surface area contributed by atoms with Crippen LogP contribution in [0.25, 0.3) is 0 Å². The quantitative estimate of drug-likeness (QED) is 0.610. The number of carbonyl (C=O) groups excluding carboxylic acids is 1. The second kappa shape index (κ2) is 6.04. The zero-order valence-corrected chi connectivity index (χ0v) is 14.8. The first-order valence-electron chi connectivity index (χ1n) is 6.55. The molecule has 2 aromatic carbocycles. The molecule has 0 saturated heterocycles. The zero-order valence-electron chi connectivity index (χ0n) is 11.1. The van der Waals surface area contributed by atoms with E-state index in [1.54, 1.807) is 4.90 Å². The van der Waals surface area contributed by atoms with Gasteiger partial charge in [0.1, 0.15) is 5.82 Å². The molecule has 1 aliphatic rings. The van der Waals surface area contributed by atoms with Gasteiger partial charge in [0.05, 0.1) is 0 Å². The van der Waals surface area contributed by atoms with Crippen LogP contribution in [0.1, 0.15) is 21.5 Å². The summed E-state index contributed by atoms with van der Waals surface area (Å²) in [6.07, 6.45) is 0.842. The first kappa shape index (κ1) is 15.0. The maximum Gasteiger partial charge on any atom is 0.254 e. The lowest BCUT2D eigenvalue weighted by atomic mass is 9.98. The molecular formula is C16H12BrFINO. The second-order valence-corrected chi connectivity index (χ2v) is 7.22. The summed E-state index contributed by atoms with van der Waals surface area (Å²) in [4.78, 5) is 14.3. The molecule has 1 amide bonds. The van der Waals surface area contributed by atoms with Gasteiger partial charge in [-0.3, -0.25) is 4.79 Å². The Hall–Kier alpha value is -0.950. The van der Waals surface area contributed by atoms with Crippen molar-refractivity contribution in [2.75, 3.05) is 6.54 Å². The molecule has 2 nitrogen and oxygen atoms in total. The molecule has 108 valence electrons. The number of rotatable bonds is 2. The van der Waals surface area contributed by atoms with E-state index < -0.39 is 0 Å². The minimum Gasteiger partial charge on any atom is -0.334 e. The minimum atomic E-state index is -0.293. The Morgan fingerprint density at radius 3 is 2.81 bits per heavy atom. The van der Waals surface area contributed by atoms with Gasteiger partial charge in [0, 0.05) is 26.7 Å². The van der Waals surface area contributed by atoms with Crippen LogP contribution in [0.2, 0.25) is 0 Å². The van der Waals surface area contributed by atoms with E-state index in [1.807, 2.05) is 24.3 Å². The van der Waals surface area contributed by atoms with Crippen molar-refractivity contribution < 1.29 is 9.18 Å². The Labute approximate surface area is 144 Å². The number of benzene rings is 2. The van der Waals surface area contributed by atoms with Crippen LogP contribution < -0.4 is 0 Å². The number of nitrogens with zero attached hydrogens (tertiary/aromatic N) is 1. The standard InChI is InChI=1S/C16H12BrFINO/c17-12-5-10(6-13(18)7-12)9-20-4-3-11-1-2-14(19)8-15(11)16(20)21/h1-2,5-8H,3-4,9H2. The van der Waals surface area contributed by atoms with Crippen molar-refractivity contribution in [2.45, 2.75) is 13.0 Å². The lowest BCUT2D eigenvalue weighted by molar-refractivity contribution is 0.0726. The smallest absolute Gasteiger partial charge is 0.254 e. The monoisotopic (exact) mass is 459 g/mol. The fourth-order valence-electron chi connectivity index (χ4n) is 2.57. The average Bonchev–Trinajstić information content (AvgIpc) is 2.41. The average molecular weight is 460 g/mol. The molecular weight excluding hydrogens is 448 g/mol. The van der Waals surface area contributed by atoms with Crippen molar-refractivity contribution in [1.82, 2.24) is 4.90 Å². The number of halogens is 3. The van der Waals surface area contributed by atoms with Crippen LogP contribution >= 0.6 is 38.5 Å². The van der Waals surface area contributed by atoms with Crippen LogP contribution in [0, 0.1) is 9.39 Å². The van der Waals surface area contributed by atoms with Crippen molar-refractivity contribution in [3.05, 3.63) is 66.9 Å².